The number of hydrogen-bond acceptors (Lipinski definition) is 8. The molecule has 238 valence electrons. The van der Waals surface area contributed by atoms with Gasteiger partial charge in [0.05, 0.1) is 26.9 Å². The van der Waals surface area contributed by atoms with Crippen LogP contribution in [0.5, 0.6) is 17.2 Å². The van der Waals surface area contributed by atoms with Crippen LogP contribution in [0.3, 0.4) is 0 Å². The molecule has 0 aliphatic carbocycles. The molecular formula is C32H37N5O8. The Bertz CT molecular complexity index is 1760. The Morgan fingerprint density at radius 1 is 0.911 bits per heavy atom. The smallest absolute Gasteiger partial charge is 0.331 e. The lowest BCUT2D eigenvalue weighted by Gasteiger charge is -2.28. The highest BCUT2D eigenvalue weighted by atomic mass is 16.5. The second-order valence-corrected chi connectivity index (χ2v) is 11.0. The molecule has 2 N–H and O–H groups in total. The lowest BCUT2D eigenvalue weighted by atomic mass is 9.93. The molecule has 4 bridgehead atoms. The summed E-state index contributed by atoms with van der Waals surface area (Å²) in [7, 11) is 5.86. The maximum absolute atomic E-state index is 13.6. The van der Waals surface area contributed by atoms with Gasteiger partial charge in [-0.1, -0.05) is 6.07 Å². The van der Waals surface area contributed by atoms with Crippen LogP contribution in [-0.4, -0.2) is 72.2 Å². The first kappa shape index (κ1) is 31.4. The van der Waals surface area contributed by atoms with Crippen molar-refractivity contribution in [2.75, 3.05) is 40.5 Å². The first-order valence-electron chi connectivity index (χ1n) is 14.8. The summed E-state index contributed by atoms with van der Waals surface area (Å²) in [6.07, 6.45) is 1.10. The van der Waals surface area contributed by atoms with Crippen molar-refractivity contribution in [2.45, 2.75) is 31.7 Å². The monoisotopic (exact) mass is 619 g/mol. The molecule has 1 atom stereocenters. The average molecular weight is 620 g/mol. The SMILES string of the molecule is COc1cc2cc(c1OC)-c1ccc3c(c1)C(CCO3)NC(=O)CCN(C(=O)c1cc(=O)n(C)c(=O)n1C)CCNC(=O)CC2. The quantitative estimate of drug-likeness (QED) is 0.446. The molecule has 0 saturated heterocycles. The van der Waals surface area contributed by atoms with E-state index in [1.165, 1.54) is 19.0 Å². The van der Waals surface area contributed by atoms with Crippen molar-refractivity contribution in [1.82, 2.24) is 24.7 Å². The van der Waals surface area contributed by atoms with Crippen molar-refractivity contribution in [3.05, 3.63) is 74.1 Å². The molecule has 0 spiro atoms. The van der Waals surface area contributed by atoms with Gasteiger partial charge >= 0.3 is 5.69 Å². The van der Waals surface area contributed by atoms with Crippen LogP contribution in [0.25, 0.3) is 11.1 Å². The van der Waals surface area contributed by atoms with Gasteiger partial charge in [0.25, 0.3) is 11.5 Å². The highest BCUT2D eigenvalue weighted by Crippen LogP contribution is 2.42. The molecule has 0 fully saturated rings. The van der Waals surface area contributed by atoms with Gasteiger partial charge in [0, 0.05) is 70.2 Å². The summed E-state index contributed by atoms with van der Waals surface area (Å²) in [5.41, 5.74) is 1.91. The Balaban J connectivity index is 1.50. The molecule has 1 aromatic heterocycles. The van der Waals surface area contributed by atoms with E-state index in [-0.39, 0.29) is 56.0 Å². The van der Waals surface area contributed by atoms with Crippen LogP contribution in [0.2, 0.25) is 0 Å². The van der Waals surface area contributed by atoms with E-state index in [1.54, 1.807) is 14.2 Å². The number of aromatic nitrogens is 2. The summed E-state index contributed by atoms with van der Waals surface area (Å²) in [4.78, 5) is 65.9. The van der Waals surface area contributed by atoms with E-state index in [9.17, 15) is 24.0 Å². The van der Waals surface area contributed by atoms with Crippen LogP contribution >= 0.6 is 0 Å². The maximum atomic E-state index is 13.6. The molecule has 0 saturated carbocycles. The van der Waals surface area contributed by atoms with Gasteiger partial charge in [-0.2, -0.15) is 0 Å². The van der Waals surface area contributed by atoms with Gasteiger partial charge in [0.1, 0.15) is 11.4 Å². The number of hydrogen-bond donors (Lipinski definition) is 2. The number of aryl methyl sites for hydroxylation is 1. The van der Waals surface area contributed by atoms with Gasteiger partial charge < -0.3 is 29.7 Å². The lowest BCUT2D eigenvalue weighted by molar-refractivity contribution is -0.123. The Kier molecular flexibility index (Phi) is 9.26. The molecule has 5 rings (SSSR count). The zero-order valence-corrected chi connectivity index (χ0v) is 25.8. The van der Waals surface area contributed by atoms with Gasteiger partial charge in [-0.05, 0) is 41.8 Å². The molecule has 13 nitrogen and oxygen atoms in total. The van der Waals surface area contributed by atoms with Gasteiger partial charge in [-0.15, -0.1) is 0 Å². The molecule has 3 amide bonds. The average Bonchev–Trinajstić information content (AvgIpc) is 3.04. The molecule has 1 unspecified atom stereocenters. The zero-order chi connectivity index (χ0) is 32.2. The summed E-state index contributed by atoms with van der Waals surface area (Å²) in [5.74, 6) is 0.621. The van der Waals surface area contributed by atoms with E-state index in [2.05, 4.69) is 10.6 Å². The van der Waals surface area contributed by atoms with E-state index >= 15 is 0 Å². The number of nitrogens with zero attached hydrogens (tertiary/aromatic N) is 3. The molecular weight excluding hydrogens is 582 g/mol. The number of rotatable bonds is 3. The van der Waals surface area contributed by atoms with Crippen molar-refractivity contribution in [3.63, 3.8) is 0 Å². The molecule has 2 aromatic carbocycles. The van der Waals surface area contributed by atoms with Crippen LogP contribution in [0.15, 0.2) is 46.0 Å². The zero-order valence-electron chi connectivity index (χ0n) is 25.8. The van der Waals surface area contributed by atoms with E-state index in [4.69, 9.17) is 14.2 Å². The largest absolute Gasteiger partial charge is 0.493 e. The van der Waals surface area contributed by atoms with Gasteiger partial charge in [-0.25, -0.2) is 4.79 Å². The van der Waals surface area contributed by atoms with Crippen LogP contribution in [0.4, 0.5) is 0 Å². The first-order chi connectivity index (χ1) is 21.6. The molecule has 2 aliphatic heterocycles. The Morgan fingerprint density at radius 3 is 2.47 bits per heavy atom. The minimum absolute atomic E-state index is 0.00160. The number of carbonyl (C=O) groups is 3. The molecule has 3 heterocycles. The summed E-state index contributed by atoms with van der Waals surface area (Å²) >= 11 is 0. The third-order valence-electron chi connectivity index (χ3n) is 8.22. The van der Waals surface area contributed by atoms with E-state index in [0.29, 0.717) is 36.7 Å². The first-order valence-corrected chi connectivity index (χ1v) is 14.8. The summed E-state index contributed by atoms with van der Waals surface area (Å²) in [5, 5.41) is 5.92. The number of methoxy groups -OCH3 is 2. The standard InChI is InChI=1S/C32H37N5O8/c1-35-24(18-29(40)36(2)32(35)42)31(41)37-12-9-28(39)34-23-10-14-45-25-7-6-20(17-22(23)25)21-15-19(5-8-27(38)33-11-13-37)16-26(43-3)30(21)44-4/h6-7,15-18,23H,5,8-14H2,1-4H3,(H,33,38)(H,34,39). The van der Waals surface area contributed by atoms with Crippen LogP contribution < -0.4 is 36.1 Å². The minimum atomic E-state index is -0.644. The fraction of sp³-hybridized carbons (Fsp3) is 0.406. The highest BCUT2D eigenvalue weighted by Gasteiger charge is 2.27. The van der Waals surface area contributed by atoms with E-state index < -0.39 is 17.2 Å². The fourth-order valence-electron chi connectivity index (χ4n) is 5.69. The molecule has 2 aliphatic rings. The lowest BCUT2D eigenvalue weighted by Crippen LogP contribution is -2.45. The van der Waals surface area contributed by atoms with E-state index in [1.807, 2.05) is 30.3 Å². The third kappa shape index (κ3) is 6.56. The number of nitrogens with one attached hydrogen (secondary N) is 2. The second kappa shape index (κ2) is 13.3. The third-order valence-corrected chi connectivity index (χ3v) is 8.22. The van der Waals surface area contributed by atoms with E-state index in [0.717, 1.165) is 37.5 Å². The number of ether oxygens (including phenoxy) is 3. The normalized spacial score (nSPS) is 17.2. The predicted octanol–water partition coefficient (Wildman–Crippen LogP) is 1.30. The van der Waals surface area contributed by atoms with Crippen molar-refractivity contribution in [1.29, 1.82) is 0 Å². The summed E-state index contributed by atoms with van der Waals surface area (Å²) < 4.78 is 19.3. The van der Waals surface area contributed by atoms with Gasteiger partial charge in [0.2, 0.25) is 11.8 Å². The Labute approximate surface area is 259 Å². The molecule has 0 radical (unpaired) electrons. The Morgan fingerprint density at radius 2 is 1.71 bits per heavy atom. The minimum Gasteiger partial charge on any atom is -0.493 e. The molecule has 3 aromatic rings. The van der Waals surface area contributed by atoms with Crippen LogP contribution in [0, 0.1) is 0 Å². The van der Waals surface area contributed by atoms with Crippen molar-refractivity contribution < 1.29 is 28.6 Å². The highest BCUT2D eigenvalue weighted by molar-refractivity contribution is 5.93. The van der Waals surface area contributed by atoms with Crippen molar-refractivity contribution in [3.8, 4) is 28.4 Å². The van der Waals surface area contributed by atoms with Gasteiger partial charge in [0.15, 0.2) is 11.5 Å². The molecule has 13 heteroatoms. The fourth-order valence-corrected chi connectivity index (χ4v) is 5.69. The maximum Gasteiger partial charge on any atom is 0.331 e. The second-order valence-electron chi connectivity index (χ2n) is 11.0. The van der Waals surface area contributed by atoms with Gasteiger partial charge in [-0.3, -0.25) is 28.3 Å². The number of amides is 3. The number of carbonyl (C=O) groups excluding carboxylic acids is 3. The van der Waals surface area contributed by atoms with Crippen molar-refractivity contribution >= 4 is 17.7 Å². The van der Waals surface area contributed by atoms with Crippen LogP contribution in [-0.2, 0) is 30.1 Å². The summed E-state index contributed by atoms with van der Waals surface area (Å²) in [6, 6.07) is 10.3. The van der Waals surface area contributed by atoms with Crippen molar-refractivity contribution in [2.24, 2.45) is 14.1 Å². The molecule has 45 heavy (non-hydrogen) atoms. The topological polar surface area (TPSA) is 150 Å². The Hall–Kier alpha value is -5.07. The number of benzene rings is 2. The van der Waals surface area contributed by atoms with Crippen LogP contribution in [0.1, 0.15) is 46.9 Å². The predicted molar refractivity (Wildman–Crippen MR) is 165 cm³/mol. The summed E-state index contributed by atoms with van der Waals surface area (Å²) in [6.45, 7) is 0.591. The number of fused-ring (bicyclic) bond motifs is 4.